The molecule has 0 saturated carbocycles. The van der Waals surface area contributed by atoms with Gasteiger partial charge in [0.05, 0.1) is 18.6 Å². The number of nitrogens with zero attached hydrogens (tertiary/aromatic N) is 1. The van der Waals surface area contributed by atoms with Crippen LogP contribution in [0, 0.1) is 36.8 Å². The van der Waals surface area contributed by atoms with Crippen molar-refractivity contribution in [2.75, 3.05) is 6.61 Å². The zero-order chi connectivity index (χ0) is 16.8. The number of hydrogen-bond acceptors (Lipinski definition) is 2. The van der Waals surface area contributed by atoms with Crippen molar-refractivity contribution in [2.45, 2.75) is 32.6 Å². The van der Waals surface area contributed by atoms with E-state index >= 15 is 0 Å². The van der Waals surface area contributed by atoms with Crippen LogP contribution in [0.15, 0.2) is 36.4 Å². The Balaban J connectivity index is 1.90. The Hall–Kier alpha value is -2.41. The van der Waals surface area contributed by atoms with Crippen LogP contribution in [-0.2, 0) is 0 Å². The van der Waals surface area contributed by atoms with Crippen molar-refractivity contribution in [3.63, 3.8) is 0 Å². The van der Waals surface area contributed by atoms with E-state index in [1.807, 2.05) is 32.0 Å². The van der Waals surface area contributed by atoms with Gasteiger partial charge in [0.25, 0.3) is 0 Å². The summed E-state index contributed by atoms with van der Waals surface area (Å²) in [6.45, 7) is 4.36. The molecule has 120 valence electrons. The summed E-state index contributed by atoms with van der Waals surface area (Å²) in [6, 6.07) is 11.9. The third kappa shape index (κ3) is 4.53. The lowest BCUT2D eigenvalue weighted by Crippen LogP contribution is -2.04. The number of ether oxygens (including phenoxy) is 1. The van der Waals surface area contributed by atoms with Crippen LogP contribution in [0.2, 0.25) is 0 Å². The van der Waals surface area contributed by atoms with Gasteiger partial charge in [-0.05, 0) is 49.9 Å². The van der Waals surface area contributed by atoms with Crippen molar-refractivity contribution in [2.24, 2.45) is 0 Å². The van der Waals surface area contributed by atoms with Gasteiger partial charge in [-0.1, -0.05) is 23.8 Å². The lowest BCUT2D eigenvalue weighted by Gasteiger charge is -2.13. The average molecular weight is 315 g/mol. The van der Waals surface area contributed by atoms with E-state index < -0.39 is 11.6 Å². The van der Waals surface area contributed by atoms with Gasteiger partial charge in [0.1, 0.15) is 5.75 Å². The predicted octanol–water partition coefficient (Wildman–Crippen LogP) is 5.05. The molecular weight excluding hydrogens is 296 g/mol. The highest BCUT2D eigenvalue weighted by Crippen LogP contribution is 2.25. The molecule has 0 heterocycles. The predicted molar refractivity (Wildman–Crippen MR) is 85.4 cm³/mol. The molecule has 0 spiro atoms. The Kier molecular flexibility index (Phi) is 5.70. The van der Waals surface area contributed by atoms with Crippen molar-refractivity contribution in [1.82, 2.24) is 0 Å². The Bertz CT molecular complexity index is 722. The Morgan fingerprint density at radius 2 is 1.87 bits per heavy atom. The summed E-state index contributed by atoms with van der Waals surface area (Å²) in [5.74, 6) is -1.71. The molecule has 23 heavy (non-hydrogen) atoms. The minimum absolute atomic E-state index is 0.191. The fourth-order valence-electron chi connectivity index (χ4n) is 2.47. The summed E-state index contributed by atoms with van der Waals surface area (Å²) in [4.78, 5) is 0. The van der Waals surface area contributed by atoms with Gasteiger partial charge >= 0.3 is 0 Å². The van der Waals surface area contributed by atoms with Gasteiger partial charge in [-0.2, -0.15) is 5.26 Å². The number of hydrogen-bond donors (Lipinski definition) is 0. The average Bonchev–Trinajstić information content (AvgIpc) is 2.53. The van der Waals surface area contributed by atoms with E-state index in [9.17, 15) is 14.0 Å². The van der Waals surface area contributed by atoms with Gasteiger partial charge in [-0.15, -0.1) is 0 Å². The second kappa shape index (κ2) is 7.73. The topological polar surface area (TPSA) is 33.0 Å². The molecule has 2 aromatic rings. The van der Waals surface area contributed by atoms with Crippen LogP contribution in [0.3, 0.4) is 0 Å². The molecule has 2 nitrogen and oxygen atoms in total. The Morgan fingerprint density at radius 1 is 1.09 bits per heavy atom. The van der Waals surface area contributed by atoms with Crippen LogP contribution in [0.5, 0.6) is 5.75 Å². The smallest absolute Gasteiger partial charge is 0.162 e. The summed E-state index contributed by atoms with van der Waals surface area (Å²) >= 11 is 0. The molecule has 0 aromatic heterocycles. The molecule has 0 radical (unpaired) electrons. The van der Waals surface area contributed by atoms with E-state index in [0.717, 1.165) is 28.8 Å². The van der Waals surface area contributed by atoms with Crippen LogP contribution in [0.4, 0.5) is 8.78 Å². The second-order valence-corrected chi connectivity index (χ2v) is 5.61. The highest BCUT2D eigenvalue weighted by Gasteiger charge is 2.13. The zero-order valence-electron chi connectivity index (χ0n) is 13.3. The zero-order valence-corrected chi connectivity index (χ0v) is 13.3. The first-order valence-electron chi connectivity index (χ1n) is 7.56. The van der Waals surface area contributed by atoms with Crippen molar-refractivity contribution in [3.8, 4) is 11.8 Å². The molecule has 0 aliphatic carbocycles. The summed E-state index contributed by atoms with van der Waals surface area (Å²) in [5, 5.41) is 9.40. The van der Waals surface area contributed by atoms with Crippen molar-refractivity contribution in [1.29, 1.82) is 5.26 Å². The van der Waals surface area contributed by atoms with E-state index in [4.69, 9.17) is 4.74 Å². The van der Waals surface area contributed by atoms with Crippen LogP contribution in [0.25, 0.3) is 0 Å². The fraction of sp³-hybridized carbons (Fsp3) is 0.316. The Morgan fingerprint density at radius 3 is 2.57 bits per heavy atom. The SMILES string of the molecule is Cc1ccc(C)c(C(C#N)CCCOc2ccc(F)c(F)c2)c1. The first-order valence-corrected chi connectivity index (χ1v) is 7.56. The van der Waals surface area contributed by atoms with Gasteiger partial charge in [-0.25, -0.2) is 8.78 Å². The van der Waals surface area contributed by atoms with Crippen LogP contribution < -0.4 is 4.74 Å². The molecule has 0 fully saturated rings. The highest BCUT2D eigenvalue weighted by atomic mass is 19.2. The van der Waals surface area contributed by atoms with E-state index in [1.54, 1.807) is 0 Å². The lowest BCUT2D eigenvalue weighted by molar-refractivity contribution is 0.302. The highest BCUT2D eigenvalue weighted by molar-refractivity contribution is 5.36. The first-order chi connectivity index (χ1) is 11.0. The summed E-state index contributed by atoms with van der Waals surface area (Å²) < 4.78 is 31.3. The molecule has 0 saturated heterocycles. The molecule has 1 unspecified atom stereocenters. The van der Waals surface area contributed by atoms with Gasteiger partial charge in [0.15, 0.2) is 11.6 Å². The maximum atomic E-state index is 13.1. The standard InChI is InChI=1S/C19H19F2NO/c1-13-5-6-14(2)17(10-13)15(12-22)4-3-9-23-16-7-8-18(20)19(21)11-16/h5-8,10-11,15H,3-4,9H2,1-2H3. The molecule has 2 aromatic carbocycles. The van der Waals surface area contributed by atoms with E-state index in [2.05, 4.69) is 6.07 Å². The number of rotatable bonds is 6. The molecule has 0 amide bonds. The van der Waals surface area contributed by atoms with Crippen molar-refractivity contribution in [3.05, 3.63) is 64.7 Å². The lowest BCUT2D eigenvalue weighted by atomic mass is 9.91. The molecule has 1 atom stereocenters. The molecule has 4 heteroatoms. The molecule has 0 aliphatic rings. The molecule has 0 aliphatic heterocycles. The minimum atomic E-state index is -0.923. The molecular formula is C19H19F2NO. The van der Waals surface area contributed by atoms with E-state index in [-0.39, 0.29) is 5.92 Å². The fourth-order valence-corrected chi connectivity index (χ4v) is 2.47. The number of halogens is 2. The second-order valence-electron chi connectivity index (χ2n) is 5.61. The largest absolute Gasteiger partial charge is 0.493 e. The summed E-state index contributed by atoms with van der Waals surface area (Å²) in [5.41, 5.74) is 3.27. The molecule has 0 bridgehead atoms. The van der Waals surface area contributed by atoms with Gasteiger partial charge in [0.2, 0.25) is 0 Å². The molecule has 2 rings (SSSR count). The van der Waals surface area contributed by atoms with Crippen molar-refractivity contribution >= 4 is 0 Å². The van der Waals surface area contributed by atoms with Crippen LogP contribution in [-0.4, -0.2) is 6.61 Å². The summed E-state index contributed by atoms with van der Waals surface area (Å²) in [7, 11) is 0. The maximum Gasteiger partial charge on any atom is 0.162 e. The van der Waals surface area contributed by atoms with Crippen molar-refractivity contribution < 1.29 is 13.5 Å². The van der Waals surface area contributed by atoms with Gasteiger partial charge < -0.3 is 4.74 Å². The number of benzene rings is 2. The quantitative estimate of drug-likeness (QED) is 0.699. The summed E-state index contributed by atoms with van der Waals surface area (Å²) in [6.07, 6.45) is 1.31. The third-order valence-corrected chi connectivity index (χ3v) is 3.76. The van der Waals surface area contributed by atoms with Crippen LogP contribution >= 0.6 is 0 Å². The normalized spacial score (nSPS) is 11.8. The number of nitriles is 1. The van der Waals surface area contributed by atoms with E-state index in [0.29, 0.717) is 25.2 Å². The minimum Gasteiger partial charge on any atom is -0.493 e. The third-order valence-electron chi connectivity index (χ3n) is 3.76. The first kappa shape index (κ1) is 17.0. The van der Waals surface area contributed by atoms with Gasteiger partial charge in [-0.3, -0.25) is 0 Å². The molecule has 0 N–H and O–H groups in total. The van der Waals surface area contributed by atoms with E-state index in [1.165, 1.54) is 6.07 Å². The maximum absolute atomic E-state index is 13.1. The monoisotopic (exact) mass is 315 g/mol. The Labute approximate surface area is 135 Å². The number of aryl methyl sites for hydroxylation is 2. The van der Waals surface area contributed by atoms with Gasteiger partial charge in [0, 0.05) is 6.07 Å². The van der Waals surface area contributed by atoms with Crippen LogP contribution in [0.1, 0.15) is 35.4 Å².